The Morgan fingerprint density at radius 1 is 0.833 bits per heavy atom. The van der Waals surface area contributed by atoms with Crippen molar-refractivity contribution < 1.29 is 4.74 Å². The van der Waals surface area contributed by atoms with Crippen molar-refractivity contribution in [3.05, 3.63) is 47.0 Å². The van der Waals surface area contributed by atoms with Crippen LogP contribution in [0.25, 0.3) is 11.1 Å². The number of benzene rings is 2. The minimum absolute atomic E-state index is 0.795. The van der Waals surface area contributed by atoms with E-state index in [0.717, 1.165) is 17.0 Å². The molecule has 0 aliphatic rings. The van der Waals surface area contributed by atoms with E-state index in [1.165, 1.54) is 22.3 Å². The van der Waals surface area contributed by atoms with Crippen LogP contribution in [0.15, 0.2) is 30.3 Å². The molecule has 2 rings (SSSR count). The highest BCUT2D eigenvalue weighted by Crippen LogP contribution is 2.32. The number of anilines is 1. The number of hydrogen-bond donors (Lipinski definition) is 1. The van der Waals surface area contributed by atoms with Gasteiger partial charge in [-0.05, 0) is 72.9 Å². The number of rotatable bonds is 2. The van der Waals surface area contributed by atoms with Gasteiger partial charge >= 0.3 is 0 Å². The van der Waals surface area contributed by atoms with Crippen LogP contribution >= 0.6 is 0 Å². The molecule has 0 unspecified atom stereocenters. The summed E-state index contributed by atoms with van der Waals surface area (Å²) in [4.78, 5) is 0. The smallest absolute Gasteiger partial charge is 0.122 e. The summed E-state index contributed by atoms with van der Waals surface area (Å²) >= 11 is 0. The van der Waals surface area contributed by atoms with Gasteiger partial charge in [0.1, 0.15) is 5.75 Å². The normalized spacial score (nSPS) is 10.4. The zero-order valence-corrected chi connectivity index (χ0v) is 11.4. The summed E-state index contributed by atoms with van der Waals surface area (Å²) in [5, 5.41) is 0. The molecule has 0 amide bonds. The highest BCUT2D eigenvalue weighted by atomic mass is 16.5. The van der Waals surface area contributed by atoms with Crippen molar-refractivity contribution in [1.82, 2.24) is 0 Å². The molecule has 0 spiro atoms. The maximum absolute atomic E-state index is 5.88. The zero-order valence-electron chi connectivity index (χ0n) is 11.4. The Morgan fingerprint density at radius 3 is 2.17 bits per heavy atom. The van der Waals surface area contributed by atoms with Gasteiger partial charge in [-0.25, -0.2) is 0 Å². The van der Waals surface area contributed by atoms with Gasteiger partial charge in [-0.2, -0.15) is 0 Å². The van der Waals surface area contributed by atoms with Crippen LogP contribution in [0.2, 0.25) is 0 Å². The minimum Gasteiger partial charge on any atom is -0.496 e. The average Bonchev–Trinajstić information content (AvgIpc) is 2.35. The predicted molar refractivity (Wildman–Crippen MR) is 77.1 cm³/mol. The zero-order chi connectivity index (χ0) is 13.3. The van der Waals surface area contributed by atoms with Crippen LogP contribution in [0.1, 0.15) is 16.7 Å². The van der Waals surface area contributed by atoms with Gasteiger partial charge in [0.15, 0.2) is 0 Å². The molecule has 2 aromatic carbocycles. The first kappa shape index (κ1) is 12.5. The fourth-order valence-corrected chi connectivity index (χ4v) is 2.23. The van der Waals surface area contributed by atoms with Gasteiger partial charge in [0.05, 0.1) is 7.11 Å². The monoisotopic (exact) mass is 241 g/mol. The van der Waals surface area contributed by atoms with Crippen LogP contribution < -0.4 is 10.5 Å². The molecule has 0 radical (unpaired) electrons. The third-order valence-corrected chi connectivity index (χ3v) is 3.29. The summed E-state index contributed by atoms with van der Waals surface area (Å²) in [5.41, 5.74) is 12.7. The number of nitrogens with two attached hydrogens (primary N) is 1. The van der Waals surface area contributed by atoms with Gasteiger partial charge in [-0.3, -0.25) is 0 Å². The van der Waals surface area contributed by atoms with Crippen molar-refractivity contribution in [2.24, 2.45) is 0 Å². The number of nitrogen functional groups attached to an aromatic ring is 1. The largest absolute Gasteiger partial charge is 0.496 e. The third-order valence-electron chi connectivity index (χ3n) is 3.29. The molecule has 0 aliphatic heterocycles. The van der Waals surface area contributed by atoms with E-state index in [2.05, 4.69) is 39.0 Å². The minimum atomic E-state index is 0.795. The lowest BCUT2D eigenvalue weighted by molar-refractivity contribution is 0.411. The maximum atomic E-state index is 5.88. The molecule has 0 bridgehead atoms. The SMILES string of the molecule is COc1cc(C)c(-c2cc(N)ccc2C)cc1C. The Morgan fingerprint density at radius 2 is 1.50 bits per heavy atom. The lowest BCUT2D eigenvalue weighted by Crippen LogP contribution is -1.94. The van der Waals surface area contributed by atoms with Crippen LogP contribution in [0, 0.1) is 20.8 Å². The number of hydrogen-bond acceptors (Lipinski definition) is 2. The first-order chi connectivity index (χ1) is 8.52. The Hall–Kier alpha value is -1.96. The van der Waals surface area contributed by atoms with Crippen LogP contribution in [-0.4, -0.2) is 7.11 Å². The second-order valence-corrected chi connectivity index (χ2v) is 4.71. The first-order valence-electron chi connectivity index (χ1n) is 6.04. The number of aryl methyl sites for hydroxylation is 3. The predicted octanol–water partition coefficient (Wildman–Crippen LogP) is 3.87. The highest BCUT2D eigenvalue weighted by molar-refractivity contribution is 5.75. The van der Waals surface area contributed by atoms with Gasteiger partial charge in [0.2, 0.25) is 0 Å². The molecule has 0 aliphatic carbocycles. The summed E-state index contributed by atoms with van der Waals surface area (Å²) in [6.07, 6.45) is 0. The van der Waals surface area contributed by atoms with Gasteiger partial charge in [0, 0.05) is 5.69 Å². The van der Waals surface area contributed by atoms with Crippen molar-refractivity contribution in [3.8, 4) is 16.9 Å². The number of ether oxygens (including phenoxy) is 1. The van der Waals surface area contributed by atoms with Crippen molar-refractivity contribution in [2.75, 3.05) is 12.8 Å². The highest BCUT2D eigenvalue weighted by Gasteiger charge is 2.09. The molecule has 0 fully saturated rings. The van der Waals surface area contributed by atoms with E-state index in [4.69, 9.17) is 10.5 Å². The first-order valence-corrected chi connectivity index (χ1v) is 6.04. The number of methoxy groups -OCH3 is 1. The van der Waals surface area contributed by atoms with E-state index in [9.17, 15) is 0 Å². The summed E-state index contributed by atoms with van der Waals surface area (Å²) < 4.78 is 5.35. The van der Waals surface area contributed by atoms with Crippen molar-refractivity contribution in [3.63, 3.8) is 0 Å². The third kappa shape index (κ3) is 2.19. The molecule has 18 heavy (non-hydrogen) atoms. The molecular weight excluding hydrogens is 222 g/mol. The second kappa shape index (κ2) is 4.73. The van der Waals surface area contributed by atoms with Gasteiger partial charge in [0.25, 0.3) is 0 Å². The molecule has 94 valence electrons. The van der Waals surface area contributed by atoms with Crippen LogP contribution in [-0.2, 0) is 0 Å². The summed E-state index contributed by atoms with van der Waals surface area (Å²) in [6, 6.07) is 10.3. The molecular formula is C16H19NO. The van der Waals surface area contributed by atoms with Crippen molar-refractivity contribution in [1.29, 1.82) is 0 Å². The fourth-order valence-electron chi connectivity index (χ4n) is 2.23. The van der Waals surface area contributed by atoms with E-state index in [-0.39, 0.29) is 0 Å². The van der Waals surface area contributed by atoms with Gasteiger partial charge in [-0.1, -0.05) is 6.07 Å². The van der Waals surface area contributed by atoms with Gasteiger partial charge in [-0.15, -0.1) is 0 Å². The summed E-state index contributed by atoms with van der Waals surface area (Å²) in [6.45, 7) is 6.26. The standard InChI is InChI=1S/C16H19NO/c1-10-5-6-13(17)9-15(10)14-7-12(3)16(18-4)8-11(14)2/h5-9H,17H2,1-4H3. The molecule has 0 saturated carbocycles. The van der Waals surface area contributed by atoms with Gasteiger partial charge < -0.3 is 10.5 Å². The lowest BCUT2D eigenvalue weighted by atomic mass is 9.94. The average molecular weight is 241 g/mol. The van der Waals surface area contributed by atoms with Crippen LogP contribution in [0.3, 0.4) is 0 Å². The van der Waals surface area contributed by atoms with Crippen molar-refractivity contribution >= 4 is 5.69 Å². The van der Waals surface area contributed by atoms with E-state index in [1.807, 2.05) is 12.1 Å². The Bertz CT molecular complexity index is 588. The summed E-state index contributed by atoms with van der Waals surface area (Å²) in [7, 11) is 1.70. The molecule has 2 nitrogen and oxygen atoms in total. The molecule has 2 N–H and O–H groups in total. The Labute approximate surface area is 108 Å². The fraction of sp³-hybridized carbons (Fsp3) is 0.250. The topological polar surface area (TPSA) is 35.2 Å². The van der Waals surface area contributed by atoms with E-state index < -0.39 is 0 Å². The van der Waals surface area contributed by atoms with Crippen molar-refractivity contribution in [2.45, 2.75) is 20.8 Å². The quantitative estimate of drug-likeness (QED) is 0.810. The van der Waals surface area contributed by atoms with E-state index >= 15 is 0 Å². The Balaban J connectivity index is 2.64. The molecule has 0 saturated heterocycles. The van der Waals surface area contributed by atoms with E-state index in [0.29, 0.717) is 0 Å². The Kier molecular flexibility index (Phi) is 3.28. The van der Waals surface area contributed by atoms with E-state index in [1.54, 1.807) is 7.11 Å². The lowest BCUT2D eigenvalue weighted by Gasteiger charge is -2.14. The molecule has 0 atom stereocenters. The second-order valence-electron chi connectivity index (χ2n) is 4.71. The maximum Gasteiger partial charge on any atom is 0.122 e. The molecule has 2 heteroatoms. The molecule has 0 heterocycles. The van der Waals surface area contributed by atoms with Crippen LogP contribution in [0.5, 0.6) is 5.75 Å². The molecule has 2 aromatic rings. The summed E-state index contributed by atoms with van der Waals surface area (Å²) in [5.74, 6) is 0.929. The van der Waals surface area contributed by atoms with Crippen LogP contribution in [0.4, 0.5) is 5.69 Å². The molecule has 0 aromatic heterocycles.